The normalized spacial score (nSPS) is 20.0. The van der Waals surface area contributed by atoms with Crippen molar-refractivity contribution in [1.82, 2.24) is 60.6 Å². The van der Waals surface area contributed by atoms with Crippen LogP contribution in [-0.2, 0) is 28.6 Å². The topological polar surface area (TPSA) is 262 Å². The van der Waals surface area contributed by atoms with E-state index in [0.29, 0.717) is 25.6 Å². The van der Waals surface area contributed by atoms with Crippen molar-refractivity contribution in [3.63, 3.8) is 0 Å². The Bertz CT molecular complexity index is 4210. The average Bonchev–Trinajstić information content (AvgIpc) is 1.59. The third-order valence-electron chi connectivity index (χ3n) is 20.4. The summed E-state index contributed by atoms with van der Waals surface area (Å²) in [7, 11) is 3.92. The molecule has 13 rings (SSSR count). The van der Waals surface area contributed by atoms with Gasteiger partial charge in [-0.2, -0.15) is 0 Å². The van der Waals surface area contributed by atoms with Gasteiger partial charge in [-0.3, -0.25) is 14.4 Å². The standard InChI is InChI=1S/C48H58N8O6.C26H29BrN4O3/c1-8-29-19-38(55(25-29)44(57)40(27(2)3)53-46(59)61-6)42-49-23-36(51-42)31-11-9-30(10-12-31)32-13-14-34-21-35(16-15-33(34)20-32)37-24-50-43(52-37)39-22-48(17-18-48)26-56(39)45(58)41(28(4)5)54-47(60)62-7;1-15(2)22(30-25(33)34-3)24(32)31-14-26(8-9-26)12-21(31)23-28-13-20(29-23)18-5-4-17-11-19(27)7-6-16(17)10-18/h9-16,20-21,23-24,27-29,38-41H,8,17-19,22,25-26H2,1-7H3,(H,49,51)(H,50,52)(H,53,59)(H,54,60);4-7,10-11,13,15,21-22H,8-9,12,14H2,1-3H3,(H,28,29)(H,30,33)/t29-,38-,39-,40-,41-;21-,22-/m00/s1. The fourth-order valence-corrected chi connectivity index (χ4v) is 14.7. The fraction of sp³-hybridized carbons (Fsp3) is 0.446. The summed E-state index contributed by atoms with van der Waals surface area (Å²) in [6.45, 7) is 15.6. The summed E-state index contributed by atoms with van der Waals surface area (Å²) < 4.78 is 15.4. The van der Waals surface area contributed by atoms with Gasteiger partial charge in [-0.05, 0) is 148 Å². The quantitative estimate of drug-likeness (QED) is 0.0465. The maximum absolute atomic E-state index is 13.9. The van der Waals surface area contributed by atoms with Gasteiger partial charge in [0, 0.05) is 35.2 Å². The van der Waals surface area contributed by atoms with Crippen LogP contribution in [0.4, 0.5) is 14.4 Å². The number of amides is 6. The predicted molar refractivity (Wildman–Crippen MR) is 371 cm³/mol. The minimum Gasteiger partial charge on any atom is -0.453 e. The Hall–Kier alpha value is -9.05. The van der Waals surface area contributed by atoms with E-state index < -0.39 is 36.4 Å². The molecule has 0 unspecified atom stereocenters. The second-order valence-electron chi connectivity index (χ2n) is 28.1. The largest absolute Gasteiger partial charge is 0.453 e. The molecule has 5 aromatic carbocycles. The van der Waals surface area contributed by atoms with Gasteiger partial charge < -0.3 is 59.8 Å². The van der Waals surface area contributed by atoms with Crippen LogP contribution in [0.1, 0.15) is 135 Å². The smallest absolute Gasteiger partial charge is 0.407 e. The van der Waals surface area contributed by atoms with E-state index in [0.717, 1.165) is 134 Å². The number of methoxy groups -OCH3 is 3. The SMILES string of the molecule is CC[C@H]1C[C@@H](c2ncc(-c3ccc(-c4ccc5cc(-c6cnc([C@@H]7CC8(CC8)CN7C(=O)[C@@H](NC(=O)OC)C(C)C)[nH]6)ccc5c4)cc3)[nH]2)N(C(=O)[C@@H](NC(=O)OC)C(C)C)C1.COC(=O)N[C@H](C(=O)N1CC2(CC2)C[C@H]1c1ncc(-c2ccc3cc(Br)ccc3c2)[nH]1)C(C)C. The van der Waals surface area contributed by atoms with E-state index in [1.54, 1.807) is 0 Å². The molecule has 96 heavy (non-hydrogen) atoms. The van der Waals surface area contributed by atoms with Crippen LogP contribution in [0.2, 0.25) is 0 Å². The third-order valence-corrected chi connectivity index (χ3v) is 20.9. The summed E-state index contributed by atoms with van der Waals surface area (Å²) in [6, 6.07) is 31.2. The molecule has 6 N–H and O–H groups in total. The molecule has 3 aromatic heterocycles. The van der Waals surface area contributed by atoms with Crippen molar-refractivity contribution in [2.75, 3.05) is 41.0 Å². The van der Waals surface area contributed by atoms with Crippen LogP contribution in [0.25, 0.3) is 66.4 Å². The number of H-pyrrole nitrogens is 3. The molecule has 504 valence electrons. The highest BCUT2D eigenvalue weighted by molar-refractivity contribution is 9.10. The summed E-state index contributed by atoms with van der Waals surface area (Å²) in [6.07, 6.45) is 11.6. The number of imidazole rings is 3. The highest BCUT2D eigenvalue weighted by atomic mass is 79.9. The zero-order valence-electron chi connectivity index (χ0n) is 56.3. The number of aromatic nitrogens is 6. The van der Waals surface area contributed by atoms with Crippen LogP contribution in [0.15, 0.2) is 120 Å². The fourth-order valence-electron chi connectivity index (χ4n) is 14.3. The number of hydrogen-bond acceptors (Lipinski definition) is 12. The Kier molecular flexibility index (Phi) is 19.2. The maximum Gasteiger partial charge on any atom is 0.407 e. The molecule has 6 heterocycles. The summed E-state index contributed by atoms with van der Waals surface area (Å²) in [4.78, 5) is 108. The molecular weight excluding hydrogens is 1280 g/mol. The van der Waals surface area contributed by atoms with E-state index in [9.17, 15) is 28.8 Å². The number of benzene rings is 5. The summed E-state index contributed by atoms with van der Waals surface area (Å²) >= 11 is 3.53. The summed E-state index contributed by atoms with van der Waals surface area (Å²) in [5.41, 5.74) is 8.20. The molecule has 3 aliphatic heterocycles. The molecule has 2 saturated carbocycles. The van der Waals surface area contributed by atoms with E-state index in [2.05, 4.69) is 145 Å². The monoisotopic (exact) mass is 1370 g/mol. The number of ether oxygens (including phenoxy) is 3. The van der Waals surface area contributed by atoms with E-state index >= 15 is 0 Å². The van der Waals surface area contributed by atoms with Crippen molar-refractivity contribution >= 4 is 73.5 Å². The Morgan fingerprint density at radius 3 is 1.25 bits per heavy atom. The molecular formula is C74H87BrN12O9. The highest BCUT2D eigenvalue weighted by Crippen LogP contribution is 2.59. The molecule has 5 fully saturated rings. The number of hydrogen-bond donors (Lipinski definition) is 6. The molecule has 0 bridgehead atoms. The first kappa shape index (κ1) is 67.0. The first-order valence-corrected chi connectivity index (χ1v) is 34.3. The van der Waals surface area contributed by atoms with Gasteiger partial charge in [0.15, 0.2) is 0 Å². The minimum atomic E-state index is -0.698. The van der Waals surface area contributed by atoms with Crippen molar-refractivity contribution < 1.29 is 43.0 Å². The Morgan fingerprint density at radius 2 is 0.844 bits per heavy atom. The molecule has 7 atom stereocenters. The van der Waals surface area contributed by atoms with Gasteiger partial charge >= 0.3 is 18.3 Å². The van der Waals surface area contributed by atoms with Crippen LogP contribution in [-0.4, -0.2) is 140 Å². The zero-order chi connectivity index (χ0) is 67.9. The molecule has 8 aromatic rings. The van der Waals surface area contributed by atoms with Gasteiger partial charge in [-0.15, -0.1) is 0 Å². The van der Waals surface area contributed by atoms with Gasteiger partial charge in [-0.1, -0.05) is 138 Å². The zero-order valence-corrected chi connectivity index (χ0v) is 57.8. The summed E-state index contributed by atoms with van der Waals surface area (Å²) in [5.74, 6) is 2.02. The molecule has 21 nitrogen and oxygen atoms in total. The highest BCUT2D eigenvalue weighted by Gasteiger charge is 2.57. The van der Waals surface area contributed by atoms with E-state index in [4.69, 9.17) is 29.2 Å². The van der Waals surface area contributed by atoms with Crippen molar-refractivity contribution in [3.05, 3.63) is 138 Å². The number of nitrogens with one attached hydrogen (secondary N) is 6. The van der Waals surface area contributed by atoms with Gasteiger partial charge in [-0.25, -0.2) is 29.3 Å². The lowest BCUT2D eigenvalue weighted by atomic mass is 9.98. The number of nitrogens with zero attached hydrogens (tertiary/aromatic N) is 6. The predicted octanol–water partition coefficient (Wildman–Crippen LogP) is 13.8. The first-order valence-electron chi connectivity index (χ1n) is 33.5. The second kappa shape index (κ2) is 27.6. The number of likely N-dealkylation sites (tertiary alicyclic amines) is 3. The summed E-state index contributed by atoms with van der Waals surface area (Å²) in [5, 5.41) is 12.7. The van der Waals surface area contributed by atoms with Crippen LogP contribution in [0.5, 0.6) is 0 Å². The van der Waals surface area contributed by atoms with Crippen LogP contribution in [0.3, 0.4) is 0 Å². The Labute approximate surface area is 568 Å². The van der Waals surface area contributed by atoms with Crippen molar-refractivity contribution in [2.24, 2.45) is 34.5 Å². The number of aromatic amines is 3. The van der Waals surface area contributed by atoms with Crippen LogP contribution in [0, 0.1) is 34.5 Å². The van der Waals surface area contributed by atoms with Crippen molar-refractivity contribution in [1.29, 1.82) is 0 Å². The van der Waals surface area contributed by atoms with Crippen LogP contribution >= 0.6 is 15.9 Å². The Morgan fingerprint density at radius 1 is 0.490 bits per heavy atom. The lowest BCUT2D eigenvalue weighted by Crippen LogP contribution is -2.51. The molecule has 2 spiro atoms. The number of halogens is 1. The number of carbonyl (C=O) groups excluding carboxylic acids is 6. The number of fused-ring (bicyclic) bond motifs is 2. The van der Waals surface area contributed by atoms with Gasteiger partial charge in [0.1, 0.15) is 35.6 Å². The Balaban J connectivity index is 0.000000217. The van der Waals surface area contributed by atoms with E-state index in [-0.39, 0.29) is 64.4 Å². The molecule has 6 amide bonds. The van der Waals surface area contributed by atoms with Gasteiger partial charge in [0.2, 0.25) is 17.7 Å². The second-order valence-corrected chi connectivity index (χ2v) is 29.0. The van der Waals surface area contributed by atoms with E-state index in [1.807, 2.05) is 80.9 Å². The minimum absolute atomic E-state index is 0.0622. The molecule has 5 aliphatic rings. The van der Waals surface area contributed by atoms with Crippen molar-refractivity contribution in [3.8, 4) is 44.9 Å². The number of rotatable bonds is 17. The first-order chi connectivity index (χ1) is 46.1. The van der Waals surface area contributed by atoms with E-state index in [1.165, 1.54) is 26.7 Å². The third kappa shape index (κ3) is 14.1. The number of alkyl carbamates (subject to hydrolysis) is 3. The molecule has 3 saturated heterocycles. The van der Waals surface area contributed by atoms with Gasteiger partial charge in [0.05, 0.1) is 75.1 Å². The van der Waals surface area contributed by atoms with Gasteiger partial charge in [0.25, 0.3) is 0 Å². The van der Waals surface area contributed by atoms with Crippen molar-refractivity contribution in [2.45, 2.75) is 136 Å². The molecule has 0 radical (unpaired) electrons. The lowest BCUT2D eigenvalue weighted by molar-refractivity contribution is -0.136. The van der Waals surface area contributed by atoms with Crippen LogP contribution < -0.4 is 16.0 Å². The molecule has 2 aliphatic carbocycles. The molecule has 22 heteroatoms. The lowest BCUT2D eigenvalue weighted by Gasteiger charge is -2.30. The number of carbonyl (C=O) groups is 6. The average molecular weight is 1370 g/mol. The maximum atomic E-state index is 13.9.